The third-order valence-corrected chi connectivity index (χ3v) is 7.21. The monoisotopic (exact) mass is 442 g/mol. The summed E-state index contributed by atoms with van der Waals surface area (Å²) in [7, 11) is -3.50. The van der Waals surface area contributed by atoms with Crippen molar-refractivity contribution in [2.24, 2.45) is 0 Å². The topological polar surface area (TPSA) is 113 Å². The summed E-state index contributed by atoms with van der Waals surface area (Å²) in [5.74, 6) is -0.494. The largest absolute Gasteiger partial charge is 0.338 e. The van der Waals surface area contributed by atoms with Gasteiger partial charge in [0.2, 0.25) is 15.9 Å². The SMILES string of the molecule is O=C(Cn1c(=O)[nH]c2ccccc2c1=O)N1CCN(S(=O)(=O)Cc2ccccc2)CC1. The fourth-order valence-electron chi connectivity index (χ4n) is 3.67. The molecule has 0 atom stereocenters. The van der Waals surface area contributed by atoms with E-state index in [1.807, 2.05) is 6.07 Å². The number of nitrogens with one attached hydrogen (secondary N) is 1. The summed E-state index contributed by atoms with van der Waals surface area (Å²) in [6.45, 7) is 0.351. The van der Waals surface area contributed by atoms with Crippen molar-refractivity contribution >= 4 is 26.8 Å². The third kappa shape index (κ3) is 4.44. The number of rotatable bonds is 5. The van der Waals surface area contributed by atoms with Crippen LogP contribution < -0.4 is 11.2 Å². The molecule has 1 aliphatic heterocycles. The number of hydrogen-bond donors (Lipinski definition) is 1. The minimum atomic E-state index is -3.50. The van der Waals surface area contributed by atoms with Gasteiger partial charge in [0, 0.05) is 26.2 Å². The number of hydrogen-bond acceptors (Lipinski definition) is 5. The van der Waals surface area contributed by atoms with E-state index < -0.39 is 33.7 Å². The number of fused-ring (bicyclic) bond motifs is 1. The number of sulfonamides is 1. The van der Waals surface area contributed by atoms with Crippen LogP contribution in [0.25, 0.3) is 10.9 Å². The van der Waals surface area contributed by atoms with Crippen LogP contribution in [0, 0.1) is 0 Å². The summed E-state index contributed by atoms with van der Waals surface area (Å²) >= 11 is 0. The maximum Gasteiger partial charge on any atom is 0.329 e. The van der Waals surface area contributed by atoms with Crippen LogP contribution in [0.15, 0.2) is 64.2 Å². The van der Waals surface area contributed by atoms with Crippen molar-refractivity contribution in [2.75, 3.05) is 26.2 Å². The second-order valence-electron chi connectivity index (χ2n) is 7.39. The highest BCUT2D eigenvalue weighted by molar-refractivity contribution is 7.88. The molecule has 2 heterocycles. The van der Waals surface area contributed by atoms with E-state index in [1.165, 1.54) is 9.21 Å². The number of aromatic amines is 1. The number of para-hydroxylation sites is 1. The third-order valence-electron chi connectivity index (χ3n) is 5.36. The second kappa shape index (κ2) is 8.48. The number of H-pyrrole nitrogens is 1. The van der Waals surface area contributed by atoms with Crippen molar-refractivity contribution in [3.05, 3.63) is 81.0 Å². The van der Waals surface area contributed by atoms with E-state index in [4.69, 9.17) is 0 Å². The average molecular weight is 442 g/mol. The number of benzene rings is 2. The molecule has 2 aromatic carbocycles. The molecule has 1 aliphatic rings. The van der Waals surface area contributed by atoms with Crippen molar-refractivity contribution in [3.63, 3.8) is 0 Å². The van der Waals surface area contributed by atoms with Crippen LogP contribution in [-0.2, 0) is 27.1 Å². The lowest BCUT2D eigenvalue weighted by molar-refractivity contribution is -0.133. The molecule has 1 amide bonds. The van der Waals surface area contributed by atoms with Crippen molar-refractivity contribution in [1.82, 2.24) is 18.8 Å². The van der Waals surface area contributed by atoms with E-state index in [0.29, 0.717) is 16.5 Å². The molecular weight excluding hydrogens is 420 g/mol. The molecule has 162 valence electrons. The Morgan fingerprint density at radius 3 is 2.26 bits per heavy atom. The van der Waals surface area contributed by atoms with Crippen LogP contribution in [0.1, 0.15) is 5.56 Å². The molecule has 1 fully saturated rings. The Bertz CT molecular complexity index is 1320. The Morgan fingerprint density at radius 1 is 0.903 bits per heavy atom. The first kappa shape index (κ1) is 21.0. The van der Waals surface area contributed by atoms with Gasteiger partial charge in [-0.2, -0.15) is 4.31 Å². The second-order valence-corrected chi connectivity index (χ2v) is 9.36. The standard InChI is InChI=1S/C21H22N4O5S/c26-19(14-25-20(27)17-8-4-5-9-18(17)22-21(25)28)23-10-12-24(13-11-23)31(29,30)15-16-6-2-1-3-7-16/h1-9H,10-15H2,(H,22,28). The summed E-state index contributed by atoms with van der Waals surface area (Å²) in [5, 5.41) is 0.326. The molecule has 0 saturated carbocycles. The molecule has 0 radical (unpaired) electrons. The highest BCUT2D eigenvalue weighted by atomic mass is 32.2. The van der Waals surface area contributed by atoms with Crippen LogP contribution in [0.3, 0.4) is 0 Å². The van der Waals surface area contributed by atoms with E-state index in [2.05, 4.69) is 4.98 Å². The van der Waals surface area contributed by atoms with Gasteiger partial charge in [-0.3, -0.25) is 14.2 Å². The van der Waals surface area contributed by atoms with Gasteiger partial charge >= 0.3 is 5.69 Å². The van der Waals surface area contributed by atoms with Gasteiger partial charge in [-0.15, -0.1) is 0 Å². The Morgan fingerprint density at radius 2 is 1.55 bits per heavy atom. The zero-order valence-electron chi connectivity index (χ0n) is 16.7. The quantitative estimate of drug-likeness (QED) is 0.613. The zero-order chi connectivity index (χ0) is 22.0. The van der Waals surface area contributed by atoms with Gasteiger partial charge in [-0.1, -0.05) is 42.5 Å². The normalized spacial score (nSPS) is 15.3. The Balaban J connectivity index is 1.43. The van der Waals surface area contributed by atoms with E-state index in [9.17, 15) is 22.8 Å². The predicted molar refractivity (Wildman–Crippen MR) is 116 cm³/mol. The molecule has 0 spiro atoms. The van der Waals surface area contributed by atoms with Gasteiger partial charge in [-0.05, 0) is 17.7 Å². The summed E-state index contributed by atoms with van der Waals surface area (Å²) in [5.41, 5.74) is -0.0627. The smallest absolute Gasteiger partial charge is 0.329 e. The first-order valence-electron chi connectivity index (χ1n) is 9.86. The lowest BCUT2D eigenvalue weighted by atomic mass is 10.2. The lowest BCUT2D eigenvalue weighted by Gasteiger charge is -2.34. The minimum absolute atomic E-state index is 0.0936. The zero-order valence-corrected chi connectivity index (χ0v) is 17.5. The van der Waals surface area contributed by atoms with E-state index in [1.54, 1.807) is 48.5 Å². The number of carbonyl (C=O) groups excluding carboxylic acids is 1. The predicted octanol–water partition coefficient (Wildman–Crippen LogP) is 0.364. The molecule has 1 N–H and O–H groups in total. The molecule has 0 aliphatic carbocycles. The number of carbonyl (C=O) groups is 1. The maximum absolute atomic E-state index is 12.7. The Hall–Kier alpha value is -3.24. The van der Waals surface area contributed by atoms with Crippen molar-refractivity contribution in [1.29, 1.82) is 0 Å². The van der Waals surface area contributed by atoms with Crippen LogP contribution in [0.5, 0.6) is 0 Å². The lowest BCUT2D eigenvalue weighted by Crippen LogP contribution is -2.52. The molecule has 3 aromatic rings. The highest BCUT2D eigenvalue weighted by Gasteiger charge is 2.29. The van der Waals surface area contributed by atoms with Crippen LogP contribution in [0.2, 0.25) is 0 Å². The number of aromatic nitrogens is 2. The number of piperazine rings is 1. The van der Waals surface area contributed by atoms with Gasteiger partial charge in [0.25, 0.3) is 5.56 Å². The summed E-state index contributed by atoms with van der Waals surface area (Å²) in [4.78, 5) is 41.7. The van der Waals surface area contributed by atoms with Crippen LogP contribution in [0.4, 0.5) is 0 Å². The molecule has 4 rings (SSSR count). The number of amides is 1. The fraction of sp³-hybridized carbons (Fsp3) is 0.286. The summed E-state index contributed by atoms with van der Waals surface area (Å²) in [6.07, 6.45) is 0. The number of nitrogens with zero attached hydrogens (tertiary/aromatic N) is 3. The van der Waals surface area contributed by atoms with Gasteiger partial charge in [0.05, 0.1) is 16.7 Å². The van der Waals surface area contributed by atoms with Crippen LogP contribution >= 0.6 is 0 Å². The average Bonchev–Trinajstić information content (AvgIpc) is 2.77. The molecule has 1 aromatic heterocycles. The first-order chi connectivity index (χ1) is 14.8. The molecule has 1 saturated heterocycles. The van der Waals surface area contributed by atoms with Crippen molar-refractivity contribution in [2.45, 2.75) is 12.3 Å². The minimum Gasteiger partial charge on any atom is -0.338 e. The van der Waals surface area contributed by atoms with Gasteiger partial charge < -0.3 is 9.88 Å². The van der Waals surface area contributed by atoms with E-state index >= 15 is 0 Å². The molecule has 0 unspecified atom stereocenters. The van der Waals surface area contributed by atoms with Gasteiger partial charge in [0.15, 0.2) is 0 Å². The van der Waals surface area contributed by atoms with Gasteiger partial charge in [0.1, 0.15) is 6.54 Å². The summed E-state index contributed by atoms with van der Waals surface area (Å²) in [6, 6.07) is 15.5. The van der Waals surface area contributed by atoms with Crippen molar-refractivity contribution < 1.29 is 13.2 Å². The fourth-order valence-corrected chi connectivity index (χ4v) is 5.19. The highest BCUT2D eigenvalue weighted by Crippen LogP contribution is 2.14. The Labute approximate surface area is 178 Å². The molecule has 9 nitrogen and oxygen atoms in total. The van der Waals surface area contributed by atoms with Crippen molar-refractivity contribution in [3.8, 4) is 0 Å². The Kier molecular flexibility index (Phi) is 5.75. The first-order valence-corrected chi connectivity index (χ1v) is 11.5. The molecule has 0 bridgehead atoms. The molecule has 31 heavy (non-hydrogen) atoms. The molecular formula is C21H22N4O5S. The van der Waals surface area contributed by atoms with Crippen LogP contribution in [-0.4, -0.2) is 59.3 Å². The van der Waals surface area contributed by atoms with E-state index in [0.717, 1.165) is 4.57 Å². The maximum atomic E-state index is 12.7. The van der Waals surface area contributed by atoms with Gasteiger partial charge in [-0.25, -0.2) is 13.2 Å². The van der Waals surface area contributed by atoms with E-state index in [-0.39, 0.29) is 31.9 Å². The summed E-state index contributed by atoms with van der Waals surface area (Å²) < 4.78 is 27.6. The molecule has 10 heteroatoms.